The van der Waals surface area contributed by atoms with Crippen LogP contribution >= 0.6 is 0 Å². The number of amides is 2. The molecule has 0 aliphatic carbocycles. The highest BCUT2D eigenvalue weighted by Gasteiger charge is 2.44. The van der Waals surface area contributed by atoms with Crippen molar-refractivity contribution in [3.8, 4) is 5.75 Å². The lowest BCUT2D eigenvalue weighted by molar-refractivity contribution is -0.144. The van der Waals surface area contributed by atoms with Crippen LogP contribution in [0.4, 0.5) is 10.5 Å². The second-order valence-corrected chi connectivity index (χ2v) is 4.95. The summed E-state index contributed by atoms with van der Waals surface area (Å²) in [6, 6.07) is 4.62. The van der Waals surface area contributed by atoms with Gasteiger partial charge in [-0.3, -0.25) is 0 Å². The average molecular weight is 294 g/mol. The lowest BCUT2D eigenvalue weighted by Crippen LogP contribution is -2.56. The molecule has 7 nitrogen and oxygen atoms in total. The molecular weight excluding hydrogens is 276 g/mol. The number of carbonyl (C=O) groups is 2. The highest BCUT2D eigenvalue weighted by Crippen LogP contribution is 2.22. The first-order valence-electron chi connectivity index (χ1n) is 6.52. The van der Waals surface area contributed by atoms with Crippen LogP contribution < -0.4 is 15.4 Å². The molecule has 3 N–H and O–H groups in total. The summed E-state index contributed by atoms with van der Waals surface area (Å²) >= 11 is 0. The summed E-state index contributed by atoms with van der Waals surface area (Å²) in [6.45, 7) is 2.11. The second kappa shape index (κ2) is 6.01. The Morgan fingerprint density at radius 2 is 2.19 bits per heavy atom. The van der Waals surface area contributed by atoms with Gasteiger partial charge >= 0.3 is 12.0 Å². The molecule has 1 saturated heterocycles. The molecule has 0 bridgehead atoms. The molecule has 1 fully saturated rings. The van der Waals surface area contributed by atoms with Crippen LogP contribution in [0.15, 0.2) is 18.2 Å². The van der Waals surface area contributed by atoms with E-state index in [2.05, 4.69) is 10.6 Å². The molecule has 1 aliphatic rings. The Bertz CT molecular complexity index is 552. The standard InChI is InChI=1S/C14H18N2O5/c1-9-7-10(20-2)3-4-11(9)15-13(19)16-14(12(17)18)5-6-21-8-14/h3-4,7H,5-6,8H2,1-2H3,(H,17,18)(H2,15,16,19). The third-order valence-electron chi connectivity index (χ3n) is 3.47. The number of benzene rings is 1. The average Bonchev–Trinajstić information content (AvgIpc) is 2.90. The van der Waals surface area contributed by atoms with Crippen molar-refractivity contribution < 1.29 is 24.2 Å². The molecule has 1 unspecified atom stereocenters. The highest BCUT2D eigenvalue weighted by atomic mass is 16.5. The van der Waals surface area contributed by atoms with Crippen molar-refractivity contribution in [1.29, 1.82) is 0 Å². The van der Waals surface area contributed by atoms with Crippen LogP contribution in [0.25, 0.3) is 0 Å². The van der Waals surface area contributed by atoms with Crippen molar-refractivity contribution in [3.05, 3.63) is 23.8 Å². The zero-order chi connectivity index (χ0) is 15.5. The lowest BCUT2D eigenvalue weighted by atomic mass is 9.99. The van der Waals surface area contributed by atoms with Crippen molar-refractivity contribution in [2.24, 2.45) is 0 Å². The number of anilines is 1. The summed E-state index contributed by atoms with van der Waals surface area (Å²) < 4.78 is 10.2. The van der Waals surface area contributed by atoms with Gasteiger partial charge < -0.3 is 25.2 Å². The van der Waals surface area contributed by atoms with E-state index in [4.69, 9.17) is 9.47 Å². The fourth-order valence-corrected chi connectivity index (χ4v) is 2.16. The maximum atomic E-state index is 12.0. The molecule has 1 aromatic carbocycles. The van der Waals surface area contributed by atoms with Crippen molar-refractivity contribution in [2.45, 2.75) is 18.9 Å². The van der Waals surface area contributed by atoms with E-state index in [1.165, 1.54) is 0 Å². The predicted octanol–water partition coefficient (Wildman–Crippen LogP) is 1.37. The molecule has 0 saturated carbocycles. The van der Waals surface area contributed by atoms with Gasteiger partial charge in [0.2, 0.25) is 0 Å². The third kappa shape index (κ3) is 3.25. The number of aliphatic carboxylic acids is 1. The van der Waals surface area contributed by atoms with Crippen LogP contribution in [0.1, 0.15) is 12.0 Å². The summed E-state index contributed by atoms with van der Waals surface area (Å²) in [5, 5.41) is 14.4. The van der Waals surface area contributed by atoms with E-state index in [1.807, 2.05) is 6.92 Å². The van der Waals surface area contributed by atoms with Crippen LogP contribution in [0.3, 0.4) is 0 Å². The Morgan fingerprint density at radius 1 is 1.43 bits per heavy atom. The molecule has 0 spiro atoms. The first-order valence-corrected chi connectivity index (χ1v) is 6.52. The van der Waals surface area contributed by atoms with Crippen molar-refractivity contribution in [2.75, 3.05) is 25.6 Å². The first kappa shape index (κ1) is 15.1. The number of carboxylic acid groups (broad SMARTS) is 1. The van der Waals surface area contributed by atoms with E-state index in [1.54, 1.807) is 25.3 Å². The van der Waals surface area contributed by atoms with Gasteiger partial charge in [-0.2, -0.15) is 0 Å². The predicted molar refractivity (Wildman–Crippen MR) is 75.7 cm³/mol. The zero-order valence-corrected chi connectivity index (χ0v) is 11.9. The van der Waals surface area contributed by atoms with E-state index in [-0.39, 0.29) is 13.0 Å². The van der Waals surface area contributed by atoms with Gasteiger partial charge in [-0.15, -0.1) is 0 Å². The maximum Gasteiger partial charge on any atom is 0.332 e. The van der Waals surface area contributed by atoms with Gasteiger partial charge in [-0.1, -0.05) is 0 Å². The summed E-state index contributed by atoms with van der Waals surface area (Å²) in [7, 11) is 1.56. The highest BCUT2D eigenvalue weighted by molar-refractivity contribution is 5.94. The van der Waals surface area contributed by atoms with E-state index in [0.29, 0.717) is 18.0 Å². The monoisotopic (exact) mass is 294 g/mol. The van der Waals surface area contributed by atoms with E-state index < -0.39 is 17.5 Å². The lowest BCUT2D eigenvalue weighted by Gasteiger charge is -2.24. The van der Waals surface area contributed by atoms with Crippen LogP contribution in [0.2, 0.25) is 0 Å². The number of methoxy groups -OCH3 is 1. The van der Waals surface area contributed by atoms with Gasteiger partial charge in [-0.25, -0.2) is 9.59 Å². The SMILES string of the molecule is COc1ccc(NC(=O)NC2(C(=O)O)CCOC2)c(C)c1. The first-order chi connectivity index (χ1) is 9.97. The number of carboxylic acids is 1. The number of hydrogen-bond donors (Lipinski definition) is 3. The Morgan fingerprint density at radius 3 is 2.71 bits per heavy atom. The largest absolute Gasteiger partial charge is 0.497 e. The molecule has 2 rings (SSSR count). The molecule has 0 aromatic heterocycles. The minimum Gasteiger partial charge on any atom is -0.497 e. The van der Waals surface area contributed by atoms with Gasteiger partial charge in [0.25, 0.3) is 0 Å². The van der Waals surface area contributed by atoms with Gasteiger partial charge in [-0.05, 0) is 30.7 Å². The van der Waals surface area contributed by atoms with Gasteiger partial charge in [0.15, 0.2) is 5.54 Å². The molecule has 21 heavy (non-hydrogen) atoms. The van der Waals surface area contributed by atoms with Crippen LogP contribution in [-0.2, 0) is 9.53 Å². The molecule has 0 radical (unpaired) electrons. The van der Waals surface area contributed by atoms with Crippen LogP contribution in [-0.4, -0.2) is 43.0 Å². The molecule has 7 heteroatoms. The third-order valence-corrected chi connectivity index (χ3v) is 3.47. The molecule has 1 heterocycles. The van der Waals surface area contributed by atoms with Gasteiger partial charge in [0.1, 0.15) is 5.75 Å². The van der Waals surface area contributed by atoms with Gasteiger partial charge in [0.05, 0.1) is 13.7 Å². The number of hydrogen-bond acceptors (Lipinski definition) is 4. The fraction of sp³-hybridized carbons (Fsp3) is 0.429. The minimum absolute atomic E-state index is 0.0304. The van der Waals surface area contributed by atoms with Crippen LogP contribution in [0, 0.1) is 6.92 Å². The van der Waals surface area contributed by atoms with Crippen molar-refractivity contribution in [1.82, 2.24) is 5.32 Å². The summed E-state index contributed by atoms with van der Waals surface area (Å²) in [5.74, 6) is -0.411. The Kier molecular flexibility index (Phi) is 4.32. The smallest absolute Gasteiger partial charge is 0.332 e. The van der Waals surface area contributed by atoms with Crippen LogP contribution in [0.5, 0.6) is 5.75 Å². The van der Waals surface area contributed by atoms with Gasteiger partial charge in [0, 0.05) is 18.7 Å². The Balaban J connectivity index is 2.06. The fourth-order valence-electron chi connectivity index (χ4n) is 2.16. The summed E-state index contributed by atoms with van der Waals surface area (Å²) in [5.41, 5.74) is 0.0501. The Hall–Kier alpha value is -2.28. The summed E-state index contributed by atoms with van der Waals surface area (Å²) in [4.78, 5) is 23.3. The number of aryl methyl sites for hydroxylation is 1. The van der Waals surface area contributed by atoms with Crippen molar-refractivity contribution in [3.63, 3.8) is 0 Å². The van der Waals surface area contributed by atoms with E-state index >= 15 is 0 Å². The minimum atomic E-state index is -1.36. The Labute approximate surface area is 122 Å². The number of nitrogens with one attached hydrogen (secondary N) is 2. The molecule has 2 amide bonds. The molecule has 114 valence electrons. The number of rotatable bonds is 4. The van der Waals surface area contributed by atoms with Crippen molar-refractivity contribution >= 4 is 17.7 Å². The molecular formula is C14H18N2O5. The van der Waals surface area contributed by atoms with E-state index in [9.17, 15) is 14.7 Å². The molecule has 1 aromatic rings. The normalized spacial score (nSPS) is 20.9. The summed E-state index contributed by atoms with van der Waals surface area (Å²) in [6.07, 6.45) is 0.247. The quantitative estimate of drug-likeness (QED) is 0.779. The maximum absolute atomic E-state index is 12.0. The number of ether oxygens (including phenoxy) is 2. The molecule has 1 aliphatic heterocycles. The zero-order valence-electron chi connectivity index (χ0n) is 11.9. The second-order valence-electron chi connectivity index (χ2n) is 4.95. The topological polar surface area (TPSA) is 96.9 Å². The number of urea groups is 1. The van der Waals surface area contributed by atoms with E-state index in [0.717, 1.165) is 5.56 Å². The molecule has 1 atom stereocenters. The number of carbonyl (C=O) groups excluding carboxylic acids is 1.